The van der Waals surface area contributed by atoms with Gasteiger partial charge >= 0.3 is 0 Å². The highest BCUT2D eigenvalue weighted by Gasteiger charge is 2.29. The number of fused-ring (bicyclic) bond motifs is 1. The molecule has 1 aromatic heterocycles. The lowest BCUT2D eigenvalue weighted by atomic mass is 9.88. The first-order chi connectivity index (χ1) is 16.2. The van der Waals surface area contributed by atoms with Gasteiger partial charge in [-0.25, -0.2) is 4.39 Å². The average molecular weight is 484 g/mol. The number of aryl methyl sites for hydroxylation is 1. The van der Waals surface area contributed by atoms with Gasteiger partial charge in [0.2, 0.25) is 0 Å². The van der Waals surface area contributed by atoms with Gasteiger partial charge in [-0.05, 0) is 55.8 Å². The molecule has 1 saturated heterocycles. The Labute approximate surface area is 202 Å². The van der Waals surface area contributed by atoms with Crippen LogP contribution in [0, 0.1) is 11.7 Å². The number of hydrogen-bond donors (Lipinski definition) is 0. The summed E-state index contributed by atoms with van der Waals surface area (Å²) in [5.41, 5.74) is 2.36. The number of carbonyl (C=O) groups excluding carboxylic acids is 3. The molecule has 3 aromatic rings. The van der Waals surface area contributed by atoms with Gasteiger partial charge in [-0.15, -0.1) is 0 Å². The number of likely N-dealkylation sites (N-methyl/N-ethyl adjacent to an activating group) is 1. The fraction of sp³-hybridized carbons (Fsp3) is 0.346. The van der Waals surface area contributed by atoms with Crippen molar-refractivity contribution in [1.82, 2.24) is 14.4 Å². The van der Waals surface area contributed by atoms with Crippen molar-refractivity contribution in [3.8, 4) is 0 Å². The van der Waals surface area contributed by atoms with Crippen LogP contribution in [0.2, 0.25) is 5.02 Å². The predicted octanol–water partition coefficient (Wildman–Crippen LogP) is 4.34. The molecule has 34 heavy (non-hydrogen) atoms. The molecule has 2 heterocycles. The Morgan fingerprint density at radius 2 is 1.71 bits per heavy atom. The van der Waals surface area contributed by atoms with E-state index in [1.165, 1.54) is 31.1 Å². The number of likely N-dealkylation sites (tertiary alicyclic amines) is 1. The van der Waals surface area contributed by atoms with Gasteiger partial charge in [0.25, 0.3) is 11.7 Å². The Balaban J connectivity index is 1.53. The van der Waals surface area contributed by atoms with Crippen LogP contribution in [0.15, 0.2) is 42.6 Å². The number of aromatic nitrogens is 1. The SMILES string of the molecule is CN(C)C(=O)C(=O)c1cn(C)c2cc(Cl)c(C(=O)C3CCN(Cc4ccc(F)cc4)CC3)cc12. The van der Waals surface area contributed by atoms with Crippen molar-refractivity contribution in [3.05, 3.63) is 70.1 Å². The van der Waals surface area contributed by atoms with Crippen LogP contribution in [0.1, 0.15) is 39.1 Å². The van der Waals surface area contributed by atoms with Gasteiger partial charge in [-0.3, -0.25) is 19.3 Å². The monoisotopic (exact) mass is 483 g/mol. The van der Waals surface area contributed by atoms with Crippen LogP contribution in [0.25, 0.3) is 10.9 Å². The van der Waals surface area contributed by atoms with Crippen LogP contribution in [-0.4, -0.2) is 59.0 Å². The highest BCUT2D eigenvalue weighted by molar-refractivity contribution is 6.45. The van der Waals surface area contributed by atoms with Crippen LogP contribution < -0.4 is 0 Å². The number of rotatable bonds is 6. The van der Waals surface area contributed by atoms with Crippen LogP contribution in [0.5, 0.6) is 0 Å². The van der Waals surface area contributed by atoms with Crippen molar-refractivity contribution in [2.45, 2.75) is 19.4 Å². The molecule has 1 amide bonds. The zero-order valence-electron chi connectivity index (χ0n) is 19.5. The minimum atomic E-state index is -0.621. The lowest BCUT2D eigenvalue weighted by Crippen LogP contribution is -2.36. The van der Waals surface area contributed by atoms with E-state index in [0.29, 0.717) is 40.9 Å². The zero-order chi connectivity index (χ0) is 24.6. The second-order valence-corrected chi connectivity index (χ2v) is 9.48. The molecule has 0 spiro atoms. The molecule has 8 heteroatoms. The Hall–Kier alpha value is -3.03. The molecule has 0 aliphatic carbocycles. The van der Waals surface area contributed by atoms with Crippen molar-refractivity contribution in [3.63, 3.8) is 0 Å². The number of nitrogens with zero attached hydrogens (tertiary/aromatic N) is 3. The minimum Gasteiger partial charge on any atom is -0.350 e. The molecule has 0 atom stereocenters. The summed E-state index contributed by atoms with van der Waals surface area (Å²) in [5, 5.41) is 0.884. The van der Waals surface area contributed by atoms with Crippen LogP contribution >= 0.6 is 11.6 Å². The Morgan fingerprint density at radius 3 is 2.32 bits per heavy atom. The first-order valence-electron chi connectivity index (χ1n) is 11.2. The molecule has 6 nitrogen and oxygen atoms in total. The summed E-state index contributed by atoms with van der Waals surface area (Å²) in [5.74, 6) is -1.72. The van der Waals surface area contributed by atoms with E-state index in [1.54, 1.807) is 42.1 Å². The molecule has 0 N–H and O–H groups in total. The molecular formula is C26H27ClFN3O3. The normalized spacial score (nSPS) is 15.0. The van der Waals surface area contributed by atoms with Crippen molar-refractivity contribution in [2.24, 2.45) is 13.0 Å². The molecule has 1 aliphatic rings. The smallest absolute Gasteiger partial charge is 0.294 e. The summed E-state index contributed by atoms with van der Waals surface area (Å²) in [6, 6.07) is 9.81. The van der Waals surface area contributed by atoms with E-state index < -0.39 is 11.7 Å². The maximum atomic E-state index is 13.4. The summed E-state index contributed by atoms with van der Waals surface area (Å²) >= 11 is 6.50. The van der Waals surface area contributed by atoms with Crippen molar-refractivity contribution in [1.29, 1.82) is 0 Å². The first-order valence-corrected chi connectivity index (χ1v) is 11.6. The van der Waals surface area contributed by atoms with Gasteiger partial charge in [0, 0.05) is 50.8 Å². The summed E-state index contributed by atoms with van der Waals surface area (Å²) < 4.78 is 14.9. The summed E-state index contributed by atoms with van der Waals surface area (Å²) in [6.45, 7) is 2.21. The van der Waals surface area contributed by atoms with Gasteiger partial charge in [0.05, 0.1) is 16.1 Å². The van der Waals surface area contributed by atoms with E-state index in [9.17, 15) is 18.8 Å². The number of piperidine rings is 1. The third kappa shape index (κ3) is 4.76. The van der Waals surface area contributed by atoms with Crippen LogP contribution in [0.3, 0.4) is 0 Å². The van der Waals surface area contributed by atoms with Crippen LogP contribution in [-0.2, 0) is 18.4 Å². The van der Waals surface area contributed by atoms with Gasteiger partial charge in [0.1, 0.15) is 5.82 Å². The van der Waals surface area contributed by atoms with Gasteiger partial charge < -0.3 is 9.47 Å². The molecule has 178 valence electrons. The molecule has 0 bridgehead atoms. The second kappa shape index (κ2) is 9.68. The van der Waals surface area contributed by atoms with E-state index in [4.69, 9.17) is 11.6 Å². The fourth-order valence-corrected chi connectivity index (χ4v) is 4.76. The highest BCUT2D eigenvalue weighted by Crippen LogP contribution is 2.32. The van der Waals surface area contributed by atoms with E-state index in [1.807, 2.05) is 0 Å². The number of halogens is 2. The molecule has 0 unspecified atom stereocenters. The van der Waals surface area contributed by atoms with Gasteiger partial charge in [-0.1, -0.05) is 23.7 Å². The molecule has 2 aromatic carbocycles. The van der Waals surface area contributed by atoms with E-state index >= 15 is 0 Å². The number of ketones is 2. The summed E-state index contributed by atoms with van der Waals surface area (Å²) in [4.78, 5) is 41.9. The Morgan fingerprint density at radius 1 is 1.06 bits per heavy atom. The fourth-order valence-electron chi connectivity index (χ4n) is 4.51. The average Bonchev–Trinajstić information content (AvgIpc) is 3.14. The lowest BCUT2D eigenvalue weighted by Gasteiger charge is -2.31. The number of amides is 1. The molecule has 4 rings (SSSR count). The largest absolute Gasteiger partial charge is 0.350 e. The minimum absolute atomic E-state index is 0.0467. The van der Waals surface area contributed by atoms with Crippen molar-refractivity contribution in [2.75, 3.05) is 27.2 Å². The predicted molar refractivity (Wildman–Crippen MR) is 130 cm³/mol. The second-order valence-electron chi connectivity index (χ2n) is 9.07. The zero-order valence-corrected chi connectivity index (χ0v) is 20.2. The highest BCUT2D eigenvalue weighted by atomic mass is 35.5. The maximum absolute atomic E-state index is 13.4. The summed E-state index contributed by atoms with van der Waals surface area (Å²) in [7, 11) is 4.83. The topological polar surface area (TPSA) is 62.6 Å². The van der Waals surface area contributed by atoms with Crippen molar-refractivity contribution >= 4 is 40.0 Å². The first kappa shape index (κ1) is 24.1. The Kier molecular flexibility index (Phi) is 6.86. The summed E-state index contributed by atoms with van der Waals surface area (Å²) in [6.07, 6.45) is 2.98. The standard InChI is InChI=1S/C26H27ClFN3O3/c1-29(2)26(34)25(33)21-15-30(3)23-13-22(27)20(12-19(21)23)24(32)17-8-10-31(11-9-17)14-16-4-6-18(28)7-5-16/h4-7,12-13,15,17H,8-11,14H2,1-3H3. The molecule has 1 aliphatic heterocycles. The van der Waals surface area contributed by atoms with Crippen LogP contribution in [0.4, 0.5) is 4.39 Å². The maximum Gasteiger partial charge on any atom is 0.294 e. The Bertz CT molecular complexity index is 1260. The third-order valence-electron chi connectivity index (χ3n) is 6.47. The quantitative estimate of drug-likeness (QED) is 0.386. The molecule has 0 radical (unpaired) electrons. The molecule has 1 fully saturated rings. The van der Waals surface area contributed by atoms with Crippen molar-refractivity contribution < 1.29 is 18.8 Å². The lowest BCUT2D eigenvalue weighted by molar-refractivity contribution is -0.124. The number of Topliss-reactive ketones (excluding diaryl/α,β-unsaturated/α-hetero) is 2. The van der Waals surface area contributed by atoms with E-state index in [-0.39, 0.29) is 23.1 Å². The molecular weight excluding hydrogens is 457 g/mol. The molecule has 0 saturated carbocycles. The number of benzene rings is 2. The number of carbonyl (C=O) groups is 3. The van der Waals surface area contributed by atoms with Gasteiger partial charge in [-0.2, -0.15) is 0 Å². The van der Waals surface area contributed by atoms with E-state index in [2.05, 4.69) is 4.90 Å². The third-order valence-corrected chi connectivity index (χ3v) is 6.78. The number of hydrogen-bond acceptors (Lipinski definition) is 4. The van der Waals surface area contributed by atoms with Gasteiger partial charge in [0.15, 0.2) is 5.78 Å². The van der Waals surface area contributed by atoms with E-state index in [0.717, 1.165) is 18.7 Å².